The molecular weight excluding hydrogens is 419 g/mol. The second-order valence-corrected chi connectivity index (χ2v) is 9.24. The van der Waals surface area contributed by atoms with Crippen LogP contribution in [0, 0.1) is 19.7 Å². The van der Waals surface area contributed by atoms with Crippen LogP contribution in [0.5, 0.6) is 0 Å². The van der Waals surface area contributed by atoms with E-state index in [1.807, 2.05) is 0 Å². The number of rotatable bonds is 5. The van der Waals surface area contributed by atoms with E-state index in [9.17, 15) is 12.8 Å². The molecule has 2 heterocycles. The molecule has 0 radical (unpaired) electrons. The Bertz CT molecular complexity index is 1200. The van der Waals surface area contributed by atoms with Gasteiger partial charge in [0.15, 0.2) is 5.82 Å². The van der Waals surface area contributed by atoms with Crippen molar-refractivity contribution in [3.63, 3.8) is 0 Å². The smallest absolute Gasteiger partial charge is 0.264 e. The molecule has 0 atom stereocenters. The van der Waals surface area contributed by atoms with Crippen LogP contribution in [0.15, 0.2) is 27.5 Å². The number of halogens is 2. The molecule has 1 saturated carbocycles. The van der Waals surface area contributed by atoms with Gasteiger partial charge in [-0.3, -0.25) is 4.72 Å². The molecule has 1 aliphatic rings. The van der Waals surface area contributed by atoms with Gasteiger partial charge in [-0.1, -0.05) is 24.1 Å². The summed E-state index contributed by atoms with van der Waals surface area (Å²) in [5.41, 5.74) is 1.21. The van der Waals surface area contributed by atoms with E-state index in [1.54, 1.807) is 25.5 Å². The van der Waals surface area contributed by atoms with Gasteiger partial charge in [-0.2, -0.15) is 0 Å². The van der Waals surface area contributed by atoms with Gasteiger partial charge in [0, 0.05) is 24.4 Å². The highest BCUT2D eigenvalue weighted by atomic mass is 35.5. The molecule has 1 aliphatic carbocycles. The van der Waals surface area contributed by atoms with Crippen molar-refractivity contribution in [1.82, 2.24) is 14.8 Å². The van der Waals surface area contributed by atoms with Crippen LogP contribution in [0.4, 0.5) is 10.1 Å². The van der Waals surface area contributed by atoms with Crippen LogP contribution in [-0.2, 0) is 17.1 Å². The van der Waals surface area contributed by atoms with Gasteiger partial charge >= 0.3 is 0 Å². The molecule has 1 aromatic carbocycles. The zero-order valence-electron chi connectivity index (χ0n) is 16.2. The minimum absolute atomic E-state index is 0.0271. The highest BCUT2D eigenvalue weighted by Gasteiger charge is 2.33. The van der Waals surface area contributed by atoms with Gasteiger partial charge in [0.1, 0.15) is 4.90 Å². The summed E-state index contributed by atoms with van der Waals surface area (Å²) in [7, 11) is -2.42. The van der Waals surface area contributed by atoms with E-state index in [0.717, 1.165) is 19.3 Å². The van der Waals surface area contributed by atoms with Gasteiger partial charge < -0.3 is 8.98 Å². The fourth-order valence-corrected chi connectivity index (χ4v) is 5.19. The number of nitrogens with zero attached hydrogens (tertiary/aromatic N) is 3. The average Bonchev–Trinajstić information content (AvgIpc) is 3.16. The van der Waals surface area contributed by atoms with Crippen molar-refractivity contribution in [3.05, 3.63) is 46.3 Å². The van der Waals surface area contributed by atoms with Crippen molar-refractivity contribution < 1.29 is 17.2 Å². The summed E-state index contributed by atoms with van der Waals surface area (Å²) in [5, 5.41) is 8.04. The molecule has 7 nitrogen and oxygen atoms in total. The van der Waals surface area contributed by atoms with Crippen LogP contribution in [0.25, 0.3) is 11.5 Å². The lowest BCUT2D eigenvalue weighted by molar-refractivity contribution is 0.338. The Morgan fingerprint density at radius 1 is 1.24 bits per heavy atom. The lowest BCUT2D eigenvalue weighted by atomic mass is 9.85. The maximum absolute atomic E-state index is 14.3. The van der Waals surface area contributed by atoms with E-state index in [0.29, 0.717) is 22.8 Å². The third kappa shape index (κ3) is 3.32. The SMILES string of the molecule is Cc1c(-c2nnc(C3CCC3)o2)c(S(=O)(=O)Nc2cccc(Cl)c2F)c(C)n1C. The van der Waals surface area contributed by atoms with E-state index >= 15 is 0 Å². The Morgan fingerprint density at radius 2 is 1.97 bits per heavy atom. The summed E-state index contributed by atoms with van der Waals surface area (Å²) in [4.78, 5) is -0.0271. The monoisotopic (exact) mass is 438 g/mol. The van der Waals surface area contributed by atoms with Crippen LogP contribution in [0.1, 0.15) is 42.5 Å². The standard InChI is InChI=1S/C19H20ClFN4O3S/c1-10-15(19-23-22-18(28-19)12-6-4-7-12)17(11(2)25(10)3)29(26,27)24-14-9-5-8-13(20)16(14)21/h5,8-9,12,24H,4,6-7H2,1-3H3. The van der Waals surface area contributed by atoms with Crippen LogP contribution in [0.2, 0.25) is 5.02 Å². The van der Waals surface area contributed by atoms with Gasteiger partial charge in [0.05, 0.1) is 16.3 Å². The number of sulfonamides is 1. The fraction of sp³-hybridized carbons (Fsp3) is 0.368. The number of hydrogen-bond donors (Lipinski definition) is 1. The maximum atomic E-state index is 14.3. The Balaban J connectivity index is 1.82. The molecular formula is C19H20ClFN4O3S. The zero-order chi connectivity index (χ0) is 20.9. The van der Waals surface area contributed by atoms with Gasteiger partial charge in [0.25, 0.3) is 15.9 Å². The number of aromatic nitrogens is 3. The molecule has 2 aromatic heterocycles. The predicted molar refractivity (Wildman–Crippen MR) is 107 cm³/mol. The van der Waals surface area contributed by atoms with Gasteiger partial charge in [-0.25, -0.2) is 12.8 Å². The summed E-state index contributed by atoms with van der Waals surface area (Å²) >= 11 is 5.78. The first-order valence-electron chi connectivity index (χ1n) is 9.17. The number of nitrogens with one attached hydrogen (secondary N) is 1. The average molecular weight is 439 g/mol. The van der Waals surface area contributed by atoms with Crippen LogP contribution in [0.3, 0.4) is 0 Å². The molecule has 0 bridgehead atoms. The summed E-state index contributed by atoms with van der Waals surface area (Å²) in [6.45, 7) is 3.44. The largest absolute Gasteiger partial charge is 0.420 e. The van der Waals surface area contributed by atoms with Crippen LogP contribution >= 0.6 is 11.6 Å². The number of hydrogen-bond acceptors (Lipinski definition) is 5. The molecule has 0 amide bonds. The molecule has 1 fully saturated rings. The minimum Gasteiger partial charge on any atom is -0.420 e. The number of anilines is 1. The maximum Gasteiger partial charge on any atom is 0.264 e. The van der Waals surface area contributed by atoms with E-state index in [-0.39, 0.29) is 27.4 Å². The first-order chi connectivity index (χ1) is 13.7. The van der Waals surface area contributed by atoms with E-state index < -0.39 is 15.8 Å². The van der Waals surface area contributed by atoms with E-state index in [1.165, 1.54) is 18.2 Å². The molecule has 0 unspecified atom stereocenters. The molecule has 1 N–H and O–H groups in total. The van der Waals surface area contributed by atoms with Crippen molar-refractivity contribution >= 4 is 27.3 Å². The first kappa shape index (κ1) is 19.9. The zero-order valence-corrected chi connectivity index (χ0v) is 17.7. The van der Waals surface area contributed by atoms with Gasteiger partial charge in [-0.05, 0) is 38.8 Å². The molecule has 3 aromatic rings. The molecule has 4 rings (SSSR count). The first-order valence-corrected chi connectivity index (χ1v) is 11.0. The van der Waals surface area contributed by atoms with Crippen molar-refractivity contribution in [2.45, 2.75) is 43.9 Å². The van der Waals surface area contributed by atoms with Gasteiger partial charge in [-0.15, -0.1) is 10.2 Å². The fourth-order valence-electron chi connectivity index (χ4n) is 3.43. The third-order valence-electron chi connectivity index (χ3n) is 5.50. The molecule has 29 heavy (non-hydrogen) atoms. The Labute approximate surface area is 172 Å². The van der Waals surface area contributed by atoms with E-state index in [2.05, 4.69) is 14.9 Å². The van der Waals surface area contributed by atoms with Crippen molar-refractivity contribution in [3.8, 4) is 11.5 Å². The second kappa shape index (κ2) is 7.14. The topological polar surface area (TPSA) is 90.0 Å². The van der Waals surface area contributed by atoms with Crippen molar-refractivity contribution in [2.75, 3.05) is 4.72 Å². The minimum atomic E-state index is -4.16. The lowest BCUT2D eigenvalue weighted by Gasteiger charge is -2.20. The van der Waals surface area contributed by atoms with Crippen molar-refractivity contribution in [2.24, 2.45) is 7.05 Å². The second-order valence-electron chi connectivity index (χ2n) is 7.21. The Hall–Kier alpha value is -2.39. The normalized spacial score (nSPS) is 14.8. The molecule has 154 valence electrons. The molecule has 0 aliphatic heterocycles. The predicted octanol–water partition coefficient (Wildman–Crippen LogP) is 4.55. The number of benzene rings is 1. The quantitative estimate of drug-likeness (QED) is 0.631. The third-order valence-corrected chi connectivity index (χ3v) is 7.31. The summed E-state index contributed by atoms with van der Waals surface area (Å²) < 4.78 is 50.6. The lowest BCUT2D eigenvalue weighted by Crippen LogP contribution is -2.16. The van der Waals surface area contributed by atoms with Crippen molar-refractivity contribution in [1.29, 1.82) is 0 Å². The van der Waals surface area contributed by atoms with E-state index in [4.69, 9.17) is 16.0 Å². The van der Waals surface area contributed by atoms with Gasteiger partial charge in [0.2, 0.25) is 5.89 Å². The highest BCUT2D eigenvalue weighted by molar-refractivity contribution is 7.93. The van der Waals surface area contributed by atoms with Crippen LogP contribution in [-0.4, -0.2) is 23.2 Å². The highest BCUT2D eigenvalue weighted by Crippen LogP contribution is 2.39. The van der Waals surface area contributed by atoms with Crippen LogP contribution < -0.4 is 4.72 Å². The molecule has 10 heteroatoms. The Kier molecular flexibility index (Phi) is 4.90. The Morgan fingerprint density at radius 3 is 2.62 bits per heavy atom. The molecule has 0 saturated heterocycles. The molecule has 0 spiro atoms. The summed E-state index contributed by atoms with van der Waals surface area (Å²) in [6, 6.07) is 4.12. The summed E-state index contributed by atoms with van der Waals surface area (Å²) in [6.07, 6.45) is 3.07. The summed E-state index contributed by atoms with van der Waals surface area (Å²) in [5.74, 6) is 0.0409.